The van der Waals surface area contributed by atoms with Crippen molar-refractivity contribution < 1.29 is 27.5 Å². The van der Waals surface area contributed by atoms with Crippen LogP contribution >= 0.6 is 0 Å². The van der Waals surface area contributed by atoms with Crippen LogP contribution < -0.4 is 20.1 Å². The van der Waals surface area contributed by atoms with Crippen LogP contribution in [0.4, 0.5) is 16.2 Å². The fourth-order valence-corrected chi connectivity index (χ4v) is 4.12. The number of benzene rings is 2. The molecule has 0 fully saturated rings. The van der Waals surface area contributed by atoms with Crippen LogP contribution in [0, 0.1) is 5.92 Å². The lowest BCUT2D eigenvalue weighted by molar-refractivity contribution is 0.102. The predicted molar refractivity (Wildman–Crippen MR) is 123 cm³/mol. The second-order valence-electron chi connectivity index (χ2n) is 7.79. The second-order valence-corrected chi connectivity index (χ2v) is 9.48. The van der Waals surface area contributed by atoms with Crippen molar-refractivity contribution in [3.05, 3.63) is 48.0 Å². The maximum Gasteiger partial charge on any atom is 0.411 e. The number of rotatable bonds is 9. The topological polar surface area (TPSA) is 123 Å². The zero-order chi connectivity index (χ0) is 23.9. The van der Waals surface area contributed by atoms with Crippen molar-refractivity contribution in [3.8, 4) is 5.75 Å². The first kappa shape index (κ1) is 25.2. The number of methoxy groups -OCH3 is 1. The Morgan fingerprint density at radius 2 is 1.62 bits per heavy atom. The molecule has 0 aliphatic heterocycles. The Morgan fingerprint density at radius 1 is 0.969 bits per heavy atom. The minimum Gasteiger partial charge on any atom is -0.495 e. The first-order chi connectivity index (χ1) is 15.0. The molecule has 0 heterocycles. The van der Waals surface area contributed by atoms with Crippen molar-refractivity contribution in [1.82, 2.24) is 4.72 Å². The number of hydrogen-bond acceptors (Lipinski definition) is 6. The highest BCUT2D eigenvalue weighted by atomic mass is 32.2. The summed E-state index contributed by atoms with van der Waals surface area (Å²) >= 11 is 0. The summed E-state index contributed by atoms with van der Waals surface area (Å²) in [5.74, 6) is -0.186. The molecular weight excluding hydrogens is 434 g/mol. The molecule has 0 spiro atoms. The number of carbonyl (C=O) groups excluding carboxylic acids is 2. The fraction of sp³-hybridized carbons (Fsp3) is 0.364. The van der Waals surface area contributed by atoms with Gasteiger partial charge in [0.25, 0.3) is 5.91 Å². The number of amides is 2. The van der Waals surface area contributed by atoms with Gasteiger partial charge in [-0.1, -0.05) is 19.9 Å². The van der Waals surface area contributed by atoms with Gasteiger partial charge in [-0.2, -0.15) is 0 Å². The van der Waals surface area contributed by atoms with Gasteiger partial charge in [0.2, 0.25) is 10.0 Å². The molecule has 10 heteroatoms. The van der Waals surface area contributed by atoms with E-state index in [1.165, 1.54) is 25.3 Å². The van der Waals surface area contributed by atoms with Crippen molar-refractivity contribution in [3.63, 3.8) is 0 Å². The number of ether oxygens (including phenoxy) is 2. The van der Waals surface area contributed by atoms with Crippen LogP contribution in [0.1, 0.15) is 38.1 Å². The summed E-state index contributed by atoms with van der Waals surface area (Å²) in [5, 5.41) is 5.29. The number of hydrogen-bond donors (Lipinski definition) is 3. The third kappa shape index (κ3) is 7.24. The van der Waals surface area contributed by atoms with E-state index in [4.69, 9.17) is 9.47 Å². The molecule has 0 aromatic heterocycles. The lowest BCUT2D eigenvalue weighted by atomic mass is 10.2. The maximum absolute atomic E-state index is 12.7. The number of anilines is 2. The summed E-state index contributed by atoms with van der Waals surface area (Å²) in [6.45, 7) is 7.54. The molecule has 3 N–H and O–H groups in total. The van der Waals surface area contributed by atoms with Crippen molar-refractivity contribution >= 4 is 33.4 Å². The molecule has 0 radical (unpaired) electrons. The van der Waals surface area contributed by atoms with Gasteiger partial charge in [-0.3, -0.25) is 10.1 Å². The molecule has 0 aliphatic carbocycles. The van der Waals surface area contributed by atoms with Crippen LogP contribution in [0.15, 0.2) is 47.4 Å². The normalized spacial score (nSPS) is 11.3. The molecule has 0 atom stereocenters. The molecule has 174 valence electrons. The van der Waals surface area contributed by atoms with Gasteiger partial charge in [-0.15, -0.1) is 0 Å². The lowest BCUT2D eigenvalue weighted by Gasteiger charge is -2.14. The van der Waals surface area contributed by atoms with E-state index in [-0.39, 0.29) is 34.8 Å². The van der Waals surface area contributed by atoms with Crippen molar-refractivity contribution in [2.75, 3.05) is 24.4 Å². The third-order valence-electron chi connectivity index (χ3n) is 4.02. The predicted octanol–water partition coefficient (Wildman–Crippen LogP) is 3.84. The summed E-state index contributed by atoms with van der Waals surface area (Å²) in [5.41, 5.74) is 0.984. The Bertz CT molecular complexity index is 1070. The standard InChI is InChI=1S/C22H29N3O6S/c1-14(2)13-31-22(27)24-18-8-6-7-17(12-18)23-21(26)16-9-10-19(30-5)20(11-16)32(28,29)25-15(3)4/h6-12,14-15,25H,13H2,1-5H3,(H,23,26)(H,24,27). The Kier molecular flexibility index (Phi) is 8.62. The van der Waals surface area contributed by atoms with Gasteiger partial charge >= 0.3 is 6.09 Å². The highest BCUT2D eigenvalue weighted by Gasteiger charge is 2.22. The minimum absolute atomic E-state index is 0.126. The summed E-state index contributed by atoms with van der Waals surface area (Å²) in [6, 6.07) is 10.3. The van der Waals surface area contributed by atoms with Crippen LogP contribution in [-0.2, 0) is 14.8 Å². The summed E-state index contributed by atoms with van der Waals surface area (Å²) < 4.78 is 38.0. The van der Waals surface area contributed by atoms with Gasteiger partial charge in [0.05, 0.1) is 13.7 Å². The van der Waals surface area contributed by atoms with Crippen LogP contribution in [0.25, 0.3) is 0 Å². The monoisotopic (exact) mass is 463 g/mol. The van der Waals surface area contributed by atoms with Crippen molar-refractivity contribution in [1.29, 1.82) is 0 Å². The Balaban J connectivity index is 2.19. The molecule has 2 aromatic rings. The first-order valence-corrected chi connectivity index (χ1v) is 11.6. The Hall–Kier alpha value is -3.11. The van der Waals surface area contributed by atoms with Crippen LogP contribution in [0.5, 0.6) is 5.75 Å². The van der Waals surface area contributed by atoms with Gasteiger partial charge in [0.1, 0.15) is 10.6 Å². The second kappa shape index (κ2) is 11.0. The van der Waals surface area contributed by atoms with E-state index in [9.17, 15) is 18.0 Å². The molecule has 0 bridgehead atoms. The van der Waals surface area contributed by atoms with Crippen molar-refractivity contribution in [2.24, 2.45) is 5.92 Å². The largest absolute Gasteiger partial charge is 0.495 e. The minimum atomic E-state index is -3.88. The Labute approximate surface area is 188 Å². The maximum atomic E-state index is 12.7. The van der Waals surface area contributed by atoms with Gasteiger partial charge < -0.3 is 14.8 Å². The molecule has 2 amide bonds. The van der Waals surface area contributed by atoms with E-state index >= 15 is 0 Å². The lowest BCUT2D eigenvalue weighted by Crippen LogP contribution is -2.30. The van der Waals surface area contributed by atoms with Crippen LogP contribution in [0.3, 0.4) is 0 Å². The quantitative estimate of drug-likeness (QED) is 0.519. The Morgan fingerprint density at radius 3 is 2.22 bits per heavy atom. The molecule has 0 aliphatic rings. The molecule has 2 aromatic carbocycles. The van der Waals surface area contributed by atoms with Gasteiger partial charge in [-0.25, -0.2) is 17.9 Å². The molecule has 0 saturated carbocycles. The highest BCUT2D eigenvalue weighted by Crippen LogP contribution is 2.26. The van der Waals surface area contributed by atoms with Crippen molar-refractivity contribution in [2.45, 2.75) is 38.6 Å². The van der Waals surface area contributed by atoms with E-state index in [1.54, 1.807) is 38.1 Å². The van der Waals surface area contributed by atoms with Gasteiger partial charge in [0, 0.05) is 23.0 Å². The molecule has 9 nitrogen and oxygen atoms in total. The first-order valence-electron chi connectivity index (χ1n) is 10.1. The zero-order valence-electron chi connectivity index (χ0n) is 18.8. The molecule has 32 heavy (non-hydrogen) atoms. The van der Waals surface area contributed by atoms with E-state index in [1.807, 2.05) is 13.8 Å². The molecule has 0 unspecified atom stereocenters. The fourth-order valence-electron chi connectivity index (χ4n) is 2.68. The number of nitrogens with one attached hydrogen (secondary N) is 3. The summed E-state index contributed by atoms with van der Waals surface area (Å²) in [7, 11) is -2.52. The third-order valence-corrected chi connectivity index (χ3v) is 5.70. The van der Waals surface area contributed by atoms with E-state index in [2.05, 4.69) is 15.4 Å². The summed E-state index contributed by atoms with van der Waals surface area (Å²) in [6.07, 6.45) is -0.593. The molecular formula is C22H29N3O6S. The highest BCUT2D eigenvalue weighted by molar-refractivity contribution is 7.89. The van der Waals surface area contributed by atoms with Gasteiger partial charge in [0.15, 0.2) is 0 Å². The summed E-state index contributed by atoms with van der Waals surface area (Å²) in [4.78, 5) is 24.5. The van der Waals surface area contributed by atoms with Crippen LogP contribution in [0.2, 0.25) is 0 Å². The van der Waals surface area contributed by atoms with Gasteiger partial charge in [-0.05, 0) is 56.2 Å². The number of sulfonamides is 1. The molecule has 2 rings (SSSR count). The van der Waals surface area contributed by atoms with E-state index in [0.29, 0.717) is 11.4 Å². The SMILES string of the molecule is COc1ccc(C(=O)Nc2cccc(NC(=O)OCC(C)C)c2)cc1S(=O)(=O)NC(C)C. The van der Waals surface area contributed by atoms with E-state index < -0.39 is 22.0 Å². The van der Waals surface area contributed by atoms with E-state index in [0.717, 1.165) is 0 Å². The average molecular weight is 464 g/mol. The number of carbonyl (C=O) groups is 2. The average Bonchev–Trinajstić information content (AvgIpc) is 2.71. The van der Waals surface area contributed by atoms with Crippen LogP contribution in [-0.4, -0.2) is 40.2 Å². The zero-order valence-corrected chi connectivity index (χ0v) is 19.6. The smallest absolute Gasteiger partial charge is 0.411 e. The molecule has 0 saturated heterocycles.